The number of aldehydes is 1. The molecule has 0 amide bonds. The summed E-state index contributed by atoms with van der Waals surface area (Å²) in [6, 6.07) is 3.91. The molecule has 0 fully saturated rings. The van der Waals surface area contributed by atoms with Crippen LogP contribution >= 0.6 is 15.9 Å². The molecule has 0 spiro atoms. The molecule has 1 aromatic rings. The SMILES string of the molecule is CC(C)c1cc(Br)c(O)c(C(C)CC=O)c1. The van der Waals surface area contributed by atoms with Gasteiger partial charge in [-0.05, 0) is 45.0 Å². The fourth-order valence-electron chi connectivity index (χ4n) is 1.62. The van der Waals surface area contributed by atoms with E-state index in [4.69, 9.17) is 0 Å². The van der Waals surface area contributed by atoms with E-state index in [1.165, 1.54) is 0 Å². The molecule has 0 radical (unpaired) electrons. The van der Waals surface area contributed by atoms with Gasteiger partial charge in [-0.25, -0.2) is 0 Å². The summed E-state index contributed by atoms with van der Waals surface area (Å²) in [6.07, 6.45) is 1.32. The molecule has 1 unspecified atom stereocenters. The van der Waals surface area contributed by atoms with Crippen molar-refractivity contribution < 1.29 is 9.90 Å². The fourth-order valence-corrected chi connectivity index (χ4v) is 2.12. The zero-order valence-electron chi connectivity index (χ0n) is 9.83. The lowest BCUT2D eigenvalue weighted by atomic mass is 9.92. The summed E-state index contributed by atoms with van der Waals surface area (Å²) in [5.41, 5.74) is 2.00. The normalized spacial score (nSPS) is 12.8. The van der Waals surface area contributed by atoms with Gasteiger partial charge >= 0.3 is 0 Å². The highest BCUT2D eigenvalue weighted by Crippen LogP contribution is 2.36. The second-order valence-electron chi connectivity index (χ2n) is 4.40. The Labute approximate surface area is 105 Å². The highest BCUT2D eigenvalue weighted by atomic mass is 79.9. The summed E-state index contributed by atoms with van der Waals surface area (Å²) < 4.78 is 0.700. The Morgan fingerprint density at radius 3 is 2.50 bits per heavy atom. The minimum absolute atomic E-state index is 0.0486. The number of benzene rings is 1. The molecule has 0 saturated carbocycles. The van der Waals surface area contributed by atoms with Crippen LogP contribution < -0.4 is 0 Å². The molecular weight excluding hydrogens is 268 g/mol. The smallest absolute Gasteiger partial charge is 0.133 e. The lowest BCUT2D eigenvalue weighted by Gasteiger charge is -2.15. The maximum Gasteiger partial charge on any atom is 0.133 e. The van der Waals surface area contributed by atoms with Crippen LogP contribution in [-0.2, 0) is 4.79 Å². The molecule has 1 rings (SSSR count). The van der Waals surface area contributed by atoms with Crippen LogP contribution in [-0.4, -0.2) is 11.4 Å². The van der Waals surface area contributed by atoms with Crippen LogP contribution in [0.3, 0.4) is 0 Å². The van der Waals surface area contributed by atoms with Gasteiger partial charge in [-0.3, -0.25) is 0 Å². The quantitative estimate of drug-likeness (QED) is 0.850. The number of aromatic hydroxyl groups is 1. The summed E-state index contributed by atoms with van der Waals surface area (Å²) in [6.45, 7) is 6.15. The van der Waals surface area contributed by atoms with Crippen molar-refractivity contribution in [3.8, 4) is 5.75 Å². The van der Waals surface area contributed by atoms with Crippen molar-refractivity contribution in [2.24, 2.45) is 0 Å². The highest BCUT2D eigenvalue weighted by molar-refractivity contribution is 9.10. The van der Waals surface area contributed by atoms with E-state index >= 15 is 0 Å². The molecule has 0 aliphatic carbocycles. The molecule has 1 atom stereocenters. The summed E-state index contributed by atoms with van der Waals surface area (Å²) in [7, 11) is 0. The fraction of sp³-hybridized carbons (Fsp3) is 0.462. The zero-order chi connectivity index (χ0) is 12.3. The van der Waals surface area contributed by atoms with E-state index in [9.17, 15) is 9.90 Å². The Kier molecular flexibility index (Phi) is 4.54. The molecule has 0 saturated heterocycles. The predicted octanol–water partition coefficient (Wildman–Crippen LogP) is 3.97. The second kappa shape index (κ2) is 5.48. The maximum absolute atomic E-state index is 10.5. The van der Waals surface area contributed by atoms with E-state index in [0.29, 0.717) is 16.8 Å². The third-order valence-corrected chi connectivity index (χ3v) is 3.37. The van der Waals surface area contributed by atoms with Crippen LogP contribution in [0, 0.1) is 0 Å². The minimum Gasteiger partial charge on any atom is -0.506 e. The van der Waals surface area contributed by atoms with Crippen molar-refractivity contribution in [1.82, 2.24) is 0 Å². The number of carbonyl (C=O) groups excluding carboxylic acids is 1. The topological polar surface area (TPSA) is 37.3 Å². The molecule has 0 heterocycles. The van der Waals surface area contributed by atoms with E-state index in [1.807, 2.05) is 19.1 Å². The van der Waals surface area contributed by atoms with Gasteiger partial charge < -0.3 is 9.90 Å². The van der Waals surface area contributed by atoms with Crippen molar-refractivity contribution in [2.45, 2.75) is 39.0 Å². The molecule has 16 heavy (non-hydrogen) atoms. The van der Waals surface area contributed by atoms with E-state index in [0.717, 1.165) is 17.4 Å². The molecule has 2 nitrogen and oxygen atoms in total. The molecule has 0 aliphatic heterocycles. The Hall–Kier alpha value is -0.830. The summed E-state index contributed by atoms with van der Waals surface area (Å²) in [5.74, 6) is 0.699. The number of phenols is 1. The average molecular weight is 285 g/mol. The van der Waals surface area contributed by atoms with Gasteiger partial charge in [0.05, 0.1) is 4.47 Å². The second-order valence-corrected chi connectivity index (χ2v) is 5.25. The predicted molar refractivity (Wildman–Crippen MR) is 69.0 cm³/mol. The van der Waals surface area contributed by atoms with Gasteiger partial charge in [-0.2, -0.15) is 0 Å². The maximum atomic E-state index is 10.5. The standard InChI is InChI=1S/C13H17BrO2/c1-8(2)10-6-11(9(3)4-5-15)13(16)12(14)7-10/h5-9,16H,4H2,1-3H3. The molecule has 0 aliphatic rings. The summed E-state index contributed by atoms with van der Waals surface area (Å²) >= 11 is 3.35. The first kappa shape index (κ1) is 13.2. The van der Waals surface area contributed by atoms with Crippen molar-refractivity contribution in [1.29, 1.82) is 0 Å². The highest BCUT2D eigenvalue weighted by Gasteiger charge is 2.15. The van der Waals surface area contributed by atoms with Gasteiger partial charge in [0.1, 0.15) is 12.0 Å². The Morgan fingerprint density at radius 2 is 2.00 bits per heavy atom. The number of carbonyl (C=O) groups is 1. The molecule has 0 bridgehead atoms. The first-order valence-corrected chi connectivity index (χ1v) is 6.22. The van der Waals surface area contributed by atoms with Gasteiger partial charge in [0.15, 0.2) is 0 Å². The third-order valence-electron chi connectivity index (χ3n) is 2.76. The number of hydrogen-bond acceptors (Lipinski definition) is 2. The molecule has 88 valence electrons. The van der Waals surface area contributed by atoms with Crippen LogP contribution in [0.5, 0.6) is 5.75 Å². The van der Waals surface area contributed by atoms with Crippen molar-refractivity contribution in [3.05, 3.63) is 27.7 Å². The Morgan fingerprint density at radius 1 is 1.38 bits per heavy atom. The van der Waals surface area contributed by atoms with Crippen LogP contribution in [0.2, 0.25) is 0 Å². The van der Waals surface area contributed by atoms with Crippen LogP contribution in [0.25, 0.3) is 0 Å². The van der Waals surface area contributed by atoms with E-state index < -0.39 is 0 Å². The minimum atomic E-state index is 0.0486. The first-order chi connectivity index (χ1) is 7.47. The molecular formula is C13H17BrO2. The third kappa shape index (κ3) is 2.85. The van der Waals surface area contributed by atoms with E-state index in [1.54, 1.807) is 0 Å². The lowest BCUT2D eigenvalue weighted by molar-refractivity contribution is -0.108. The van der Waals surface area contributed by atoms with E-state index in [2.05, 4.69) is 29.8 Å². The Bertz CT molecular complexity index is 386. The van der Waals surface area contributed by atoms with Crippen molar-refractivity contribution in [3.63, 3.8) is 0 Å². The summed E-state index contributed by atoms with van der Waals surface area (Å²) in [4.78, 5) is 10.5. The van der Waals surface area contributed by atoms with Gasteiger partial charge in [0, 0.05) is 6.42 Å². The molecule has 1 aromatic carbocycles. The largest absolute Gasteiger partial charge is 0.506 e. The number of hydrogen-bond donors (Lipinski definition) is 1. The van der Waals surface area contributed by atoms with Crippen LogP contribution in [0.1, 0.15) is 50.2 Å². The number of rotatable bonds is 4. The monoisotopic (exact) mass is 284 g/mol. The lowest BCUT2D eigenvalue weighted by Crippen LogP contribution is -1.98. The van der Waals surface area contributed by atoms with E-state index in [-0.39, 0.29) is 11.7 Å². The van der Waals surface area contributed by atoms with Gasteiger partial charge in [-0.1, -0.05) is 26.8 Å². The molecule has 1 N–H and O–H groups in total. The molecule has 3 heteroatoms. The van der Waals surface area contributed by atoms with Crippen LogP contribution in [0.4, 0.5) is 0 Å². The van der Waals surface area contributed by atoms with Gasteiger partial charge in [-0.15, -0.1) is 0 Å². The molecule has 0 aromatic heterocycles. The van der Waals surface area contributed by atoms with Crippen molar-refractivity contribution in [2.75, 3.05) is 0 Å². The first-order valence-electron chi connectivity index (χ1n) is 5.43. The van der Waals surface area contributed by atoms with Crippen LogP contribution in [0.15, 0.2) is 16.6 Å². The van der Waals surface area contributed by atoms with Gasteiger partial charge in [0.25, 0.3) is 0 Å². The summed E-state index contributed by atoms with van der Waals surface area (Å²) in [5, 5.41) is 9.94. The van der Waals surface area contributed by atoms with Gasteiger partial charge in [0.2, 0.25) is 0 Å². The average Bonchev–Trinajstić information content (AvgIpc) is 2.21. The Balaban J connectivity index is 3.20. The number of phenolic OH excluding ortho intramolecular Hbond substituents is 1. The number of halogens is 1. The van der Waals surface area contributed by atoms with Crippen molar-refractivity contribution >= 4 is 22.2 Å². The zero-order valence-corrected chi connectivity index (χ0v) is 11.4.